The molecule has 1 unspecified atom stereocenters. The van der Waals surface area contributed by atoms with Crippen molar-refractivity contribution in [3.63, 3.8) is 0 Å². The second-order valence-electron chi connectivity index (χ2n) is 7.24. The van der Waals surface area contributed by atoms with E-state index in [4.69, 9.17) is 27.9 Å². The molecule has 0 N–H and O–H groups in total. The molecule has 2 heterocycles. The Labute approximate surface area is 202 Å². The van der Waals surface area contributed by atoms with Gasteiger partial charge in [-0.2, -0.15) is 13.2 Å². The summed E-state index contributed by atoms with van der Waals surface area (Å²) in [6.45, 7) is 0.558. The van der Waals surface area contributed by atoms with Crippen LogP contribution in [0.3, 0.4) is 0 Å². The van der Waals surface area contributed by atoms with Gasteiger partial charge in [0.25, 0.3) is 5.91 Å². The number of aromatic nitrogens is 1. The molecule has 1 fully saturated rings. The Morgan fingerprint density at radius 2 is 1.82 bits per heavy atom. The Bertz CT molecular complexity index is 1140. The fourth-order valence-electron chi connectivity index (χ4n) is 3.32. The third-order valence-corrected chi connectivity index (χ3v) is 6.87. The molecule has 172 valence electrons. The average Bonchev–Trinajstić information content (AvgIpc) is 3.28. The predicted octanol–water partition coefficient (Wildman–Crippen LogP) is 6.87. The molecule has 4 rings (SSSR count). The Morgan fingerprint density at radius 3 is 2.45 bits per heavy atom. The first-order chi connectivity index (χ1) is 15.7. The number of alkyl halides is 3. The van der Waals surface area contributed by atoms with Gasteiger partial charge in [-0.25, -0.2) is 0 Å². The lowest BCUT2D eigenvalue weighted by atomic mass is 10.1. The molecular weight excluding hydrogens is 496 g/mol. The van der Waals surface area contributed by atoms with Crippen LogP contribution in [-0.4, -0.2) is 28.1 Å². The molecule has 1 atom stereocenters. The number of hydrogen-bond acceptors (Lipinski definition) is 4. The smallest absolute Gasteiger partial charge is 0.417 e. The predicted molar refractivity (Wildman–Crippen MR) is 123 cm³/mol. The van der Waals surface area contributed by atoms with Crippen LogP contribution in [0.1, 0.15) is 32.6 Å². The fraction of sp³-hybridized carbons (Fsp3) is 0.217. The van der Waals surface area contributed by atoms with Crippen LogP contribution in [0.25, 0.3) is 0 Å². The molecule has 1 aliphatic rings. The van der Waals surface area contributed by atoms with Crippen LogP contribution < -0.4 is 4.74 Å². The zero-order chi connectivity index (χ0) is 23.6. The number of benzene rings is 2. The van der Waals surface area contributed by atoms with Gasteiger partial charge in [-0.05, 0) is 48.0 Å². The molecule has 0 radical (unpaired) electrons. The van der Waals surface area contributed by atoms with Gasteiger partial charge in [0.05, 0.1) is 16.3 Å². The summed E-state index contributed by atoms with van der Waals surface area (Å²) in [6.07, 6.45) is -3.77. The SMILES string of the molecule is O=C(c1ccc(Cl)cc1)N1CCSC1c1ccc(OCc2ncc(C(F)(F)F)cc2Cl)cc1. The summed E-state index contributed by atoms with van der Waals surface area (Å²) in [5, 5.41) is 0.329. The number of nitrogens with zero attached hydrogens (tertiary/aromatic N) is 2. The van der Waals surface area contributed by atoms with Gasteiger partial charge in [0.1, 0.15) is 17.7 Å². The summed E-state index contributed by atoms with van der Waals surface area (Å²) in [4.78, 5) is 18.5. The number of ether oxygens (including phenoxy) is 1. The van der Waals surface area contributed by atoms with E-state index in [2.05, 4.69) is 4.98 Å². The molecule has 1 saturated heterocycles. The molecule has 10 heteroatoms. The maximum Gasteiger partial charge on any atom is 0.417 e. The topological polar surface area (TPSA) is 42.4 Å². The summed E-state index contributed by atoms with van der Waals surface area (Å²) in [5.41, 5.74) is 0.817. The van der Waals surface area contributed by atoms with Gasteiger partial charge in [0, 0.05) is 29.1 Å². The number of rotatable bonds is 5. The van der Waals surface area contributed by atoms with Crippen molar-refractivity contribution in [3.8, 4) is 5.75 Å². The number of thioether (sulfide) groups is 1. The molecule has 1 aliphatic heterocycles. The molecule has 33 heavy (non-hydrogen) atoms. The maximum absolute atomic E-state index is 12.9. The van der Waals surface area contributed by atoms with Crippen molar-refractivity contribution in [1.82, 2.24) is 9.88 Å². The highest BCUT2D eigenvalue weighted by molar-refractivity contribution is 7.99. The number of amides is 1. The second-order valence-corrected chi connectivity index (χ2v) is 9.27. The van der Waals surface area contributed by atoms with E-state index < -0.39 is 11.7 Å². The van der Waals surface area contributed by atoms with Crippen molar-refractivity contribution in [2.45, 2.75) is 18.2 Å². The van der Waals surface area contributed by atoms with Crippen LogP contribution in [0, 0.1) is 0 Å². The first-order valence-electron chi connectivity index (χ1n) is 9.85. The minimum absolute atomic E-state index is 0.0648. The molecule has 0 saturated carbocycles. The third-order valence-electron chi connectivity index (χ3n) is 5.03. The van der Waals surface area contributed by atoms with Gasteiger partial charge in [-0.3, -0.25) is 9.78 Å². The molecular formula is C23H17Cl2F3N2O2S. The van der Waals surface area contributed by atoms with Crippen LogP contribution >= 0.6 is 35.0 Å². The highest BCUT2D eigenvalue weighted by atomic mass is 35.5. The maximum atomic E-state index is 12.9. The third kappa shape index (κ3) is 5.57. The lowest BCUT2D eigenvalue weighted by Gasteiger charge is -2.24. The zero-order valence-electron chi connectivity index (χ0n) is 17.0. The van der Waals surface area contributed by atoms with E-state index in [1.165, 1.54) is 0 Å². The minimum Gasteiger partial charge on any atom is -0.487 e. The molecule has 3 aromatic rings. The molecule has 2 aromatic carbocycles. The first-order valence-corrected chi connectivity index (χ1v) is 11.7. The van der Waals surface area contributed by atoms with Crippen LogP contribution in [-0.2, 0) is 12.8 Å². The lowest BCUT2D eigenvalue weighted by molar-refractivity contribution is -0.137. The van der Waals surface area contributed by atoms with E-state index in [0.29, 0.717) is 22.9 Å². The quantitative estimate of drug-likeness (QED) is 0.373. The second kappa shape index (κ2) is 9.83. The van der Waals surface area contributed by atoms with Crippen LogP contribution in [0.2, 0.25) is 10.0 Å². The first kappa shape index (κ1) is 23.7. The molecule has 4 nitrogen and oxygen atoms in total. The van der Waals surface area contributed by atoms with E-state index in [9.17, 15) is 18.0 Å². The van der Waals surface area contributed by atoms with E-state index >= 15 is 0 Å². The Morgan fingerprint density at radius 1 is 1.12 bits per heavy atom. The van der Waals surface area contributed by atoms with Crippen molar-refractivity contribution in [1.29, 1.82) is 0 Å². The zero-order valence-corrected chi connectivity index (χ0v) is 19.3. The highest BCUT2D eigenvalue weighted by Crippen LogP contribution is 2.39. The van der Waals surface area contributed by atoms with Crippen LogP contribution in [0.4, 0.5) is 13.2 Å². The monoisotopic (exact) mass is 512 g/mol. The summed E-state index contributed by atoms with van der Waals surface area (Å²) in [6, 6.07) is 14.9. The fourth-order valence-corrected chi connectivity index (χ4v) is 4.92. The largest absolute Gasteiger partial charge is 0.487 e. The lowest BCUT2D eigenvalue weighted by Crippen LogP contribution is -2.30. The van der Waals surface area contributed by atoms with Gasteiger partial charge in [-0.1, -0.05) is 35.3 Å². The Kier molecular flexibility index (Phi) is 7.07. The number of carbonyl (C=O) groups excluding carboxylic acids is 1. The van der Waals surface area contributed by atoms with E-state index in [1.54, 1.807) is 48.2 Å². The molecule has 0 aliphatic carbocycles. The van der Waals surface area contributed by atoms with Crippen molar-refractivity contribution >= 4 is 40.9 Å². The van der Waals surface area contributed by atoms with Gasteiger partial charge in [0.15, 0.2) is 0 Å². The number of pyridine rings is 1. The Balaban J connectivity index is 1.41. The summed E-state index contributed by atoms with van der Waals surface area (Å²) >= 11 is 13.5. The number of hydrogen-bond donors (Lipinski definition) is 0. The molecule has 1 amide bonds. The van der Waals surface area contributed by atoms with Gasteiger partial charge in [0.2, 0.25) is 0 Å². The summed E-state index contributed by atoms with van der Waals surface area (Å²) in [5.74, 6) is 1.26. The van der Waals surface area contributed by atoms with Crippen molar-refractivity contribution in [3.05, 3.63) is 93.2 Å². The standard InChI is InChI=1S/C23H17Cl2F3N2O2S/c24-17-5-1-14(2-6-17)21(31)30-9-10-33-22(30)15-3-7-18(8-4-15)32-13-20-19(25)11-16(12-29-20)23(26,27)28/h1-8,11-12,22H,9-10,13H2. The van der Waals surface area contributed by atoms with Gasteiger partial charge >= 0.3 is 6.18 Å². The van der Waals surface area contributed by atoms with Crippen LogP contribution in [0.15, 0.2) is 60.8 Å². The number of carbonyl (C=O) groups is 1. The van der Waals surface area contributed by atoms with E-state index in [-0.39, 0.29) is 28.6 Å². The minimum atomic E-state index is -4.51. The van der Waals surface area contributed by atoms with E-state index in [1.807, 2.05) is 17.0 Å². The molecule has 1 aromatic heterocycles. The van der Waals surface area contributed by atoms with Crippen LogP contribution in [0.5, 0.6) is 5.75 Å². The van der Waals surface area contributed by atoms with Crippen molar-refractivity contribution in [2.75, 3.05) is 12.3 Å². The number of halogens is 5. The van der Waals surface area contributed by atoms with Gasteiger partial charge < -0.3 is 9.64 Å². The normalized spacial score (nSPS) is 16.2. The Hall–Kier alpha value is -2.42. The van der Waals surface area contributed by atoms with Crippen molar-refractivity contribution < 1.29 is 22.7 Å². The van der Waals surface area contributed by atoms with E-state index in [0.717, 1.165) is 23.6 Å². The summed E-state index contributed by atoms with van der Waals surface area (Å²) in [7, 11) is 0. The molecule has 0 bridgehead atoms. The molecule has 0 spiro atoms. The highest BCUT2D eigenvalue weighted by Gasteiger charge is 2.32. The van der Waals surface area contributed by atoms with Crippen molar-refractivity contribution in [2.24, 2.45) is 0 Å². The average molecular weight is 513 g/mol. The summed E-state index contributed by atoms with van der Waals surface area (Å²) < 4.78 is 43.9. The van der Waals surface area contributed by atoms with Gasteiger partial charge in [-0.15, -0.1) is 11.8 Å².